The minimum Gasteiger partial charge on any atom is -0.443 e. The molecule has 1 saturated carbocycles. The van der Waals surface area contributed by atoms with Gasteiger partial charge in [-0.1, -0.05) is 0 Å². The van der Waals surface area contributed by atoms with Crippen molar-refractivity contribution >= 4 is 26.9 Å². The first kappa shape index (κ1) is 25.8. The Morgan fingerprint density at radius 2 is 1.87 bits per heavy atom. The Balaban J connectivity index is 1.29. The van der Waals surface area contributed by atoms with Crippen molar-refractivity contribution in [2.24, 2.45) is 0 Å². The molecule has 1 fully saturated rings. The maximum absolute atomic E-state index is 13.5. The molecule has 3 heterocycles. The van der Waals surface area contributed by atoms with Gasteiger partial charge in [-0.25, -0.2) is 12.8 Å². The molecule has 0 unspecified atom stereocenters. The number of furan rings is 1. The summed E-state index contributed by atoms with van der Waals surface area (Å²) in [5.41, 5.74) is -0.801. The highest BCUT2D eigenvalue weighted by Crippen LogP contribution is 2.44. The largest absolute Gasteiger partial charge is 0.443 e. The number of fused-ring (bicyclic) bond motifs is 1. The Bertz CT molecular complexity index is 1630. The summed E-state index contributed by atoms with van der Waals surface area (Å²) < 4.78 is 84.7. The lowest BCUT2D eigenvalue weighted by Gasteiger charge is -2.25. The summed E-state index contributed by atoms with van der Waals surface area (Å²) in [7, 11) is -2.93. The number of pyridine rings is 2. The monoisotopic (exact) mass is 548 g/mol. The minimum atomic E-state index is -4.50. The minimum absolute atomic E-state index is 0.0487. The van der Waals surface area contributed by atoms with E-state index in [1.165, 1.54) is 31.4 Å². The number of alkyl halides is 3. The second-order valence-corrected chi connectivity index (χ2v) is 10.8. The zero-order valence-electron chi connectivity index (χ0n) is 19.8. The van der Waals surface area contributed by atoms with Gasteiger partial charge in [-0.2, -0.15) is 17.5 Å². The standard InChI is InChI=1S/C25H20F4N4O4S/c1-33(38(35,36)22-12-16-10-18(26)3-5-21(16)37-22)24(7-8-24)23(34)32-14-19-11-15(6-9-30-19)20-4-2-17(13-31-20)25(27,28)29/h2-6,9-13H,7-8,14H2,1H3,(H,32,34). The molecule has 3 aromatic heterocycles. The van der Waals surface area contributed by atoms with Gasteiger partial charge in [-0.15, -0.1) is 0 Å². The Hall–Kier alpha value is -3.84. The smallest absolute Gasteiger partial charge is 0.417 e. The fraction of sp³-hybridized carbons (Fsp3) is 0.240. The molecular formula is C25H20F4N4O4S. The quantitative estimate of drug-likeness (QED) is 0.341. The summed E-state index contributed by atoms with van der Waals surface area (Å²) in [5, 5.41) is 2.56. The van der Waals surface area contributed by atoms with Crippen molar-refractivity contribution in [2.45, 2.75) is 36.2 Å². The van der Waals surface area contributed by atoms with E-state index in [0.717, 1.165) is 28.7 Å². The van der Waals surface area contributed by atoms with Crippen molar-refractivity contribution in [3.8, 4) is 11.3 Å². The number of nitrogens with zero attached hydrogens (tertiary/aromatic N) is 3. The van der Waals surface area contributed by atoms with Gasteiger partial charge in [0.05, 0.1) is 23.5 Å². The van der Waals surface area contributed by atoms with Gasteiger partial charge >= 0.3 is 6.18 Å². The van der Waals surface area contributed by atoms with Crippen LogP contribution < -0.4 is 5.32 Å². The fourth-order valence-electron chi connectivity index (χ4n) is 4.09. The molecule has 13 heteroatoms. The number of benzene rings is 1. The third-order valence-electron chi connectivity index (χ3n) is 6.45. The summed E-state index contributed by atoms with van der Waals surface area (Å²) >= 11 is 0. The molecule has 0 bridgehead atoms. The van der Waals surface area contributed by atoms with Crippen molar-refractivity contribution in [3.63, 3.8) is 0 Å². The molecule has 5 rings (SSSR count). The van der Waals surface area contributed by atoms with E-state index >= 15 is 0 Å². The molecule has 1 aliphatic rings. The molecule has 0 radical (unpaired) electrons. The SMILES string of the molecule is CN(C1(C(=O)NCc2cc(-c3ccc(C(F)(F)F)cn3)ccn2)CC1)S(=O)(=O)c1cc2cc(F)ccc2o1. The van der Waals surface area contributed by atoms with Crippen LogP contribution in [0.4, 0.5) is 17.6 Å². The van der Waals surface area contributed by atoms with E-state index in [-0.39, 0.29) is 30.4 Å². The number of halogens is 4. The first-order chi connectivity index (χ1) is 17.9. The lowest BCUT2D eigenvalue weighted by molar-refractivity contribution is -0.137. The number of hydrogen-bond donors (Lipinski definition) is 1. The lowest BCUT2D eigenvalue weighted by atomic mass is 10.1. The number of nitrogens with one attached hydrogen (secondary N) is 1. The van der Waals surface area contributed by atoms with Crippen LogP contribution in [-0.4, -0.2) is 41.2 Å². The Labute approximate surface area is 214 Å². The Morgan fingerprint density at radius 1 is 1.11 bits per heavy atom. The number of hydrogen-bond acceptors (Lipinski definition) is 6. The van der Waals surface area contributed by atoms with Crippen LogP contribution in [0.5, 0.6) is 0 Å². The summed E-state index contributed by atoms with van der Waals surface area (Å²) in [6, 6.07) is 10.2. The molecule has 0 spiro atoms. The highest BCUT2D eigenvalue weighted by Gasteiger charge is 2.57. The van der Waals surface area contributed by atoms with E-state index in [9.17, 15) is 30.8 Å². The molecule has 38 heavy (non-hydrogen) atoms. The van der Waals surface area contributed by atoms with Gasteiger partial charge in [0.15, 0.2) is 0 Å². The highest BCUT2D eigenvalue weighted by atomic mass is 32.2. The van der Waals surface area contributed by atoms with E-state index in [2.05, 4.69) is 15.3 Å². The molecule has 1 aliphatic carbocycles. The van der Waals surface area contributed by atoms with Gasteiger partial charge in [0.2, 0.25) is 11.0 Å². The number of rotatable bonds is 7. The summed E-state index contributed by atoms with van der Waals surface area (Å²) in [4.78, 5) is 21.1. The average Bonchev–Trinajstić information content (AvgIpc) is 3.59. The van der Waals surface area contributed by atoms with Crippen molar-refractivity contribution in [2.75, 3.05) is 7.05 Å². The van der Waals surface area contributed by atoms with Crippen LogP contribution in [0.3, 0.4) is 0 Å². The maximum Gasteiger partial charge on any atom is 0.417 e. The van der Waals surface area contributed by atoms with Crippen molar-refractivity contribution in [3.05, 3.63) is 78.0 Å². The van der Waals surface area contributed by atoms with Crippen LogP contribution in [-0.2, 0) is 27.5 Å². The molecule has 8 nitrogen and oxygen atoms in total. The first-order valence-electron chi connectivity index (χ1n) is 11.4. The highest BCUT2D eigenvalue weighted by molar-refractivity contribution is 7.89. The lowest BCUT2D eigenvalue weighted by Crippen LogP contribution is -2.49. The number of carbonyl (C=O) groups is 1. The van der Waals surface area contributed by atoms with Gasteiger partial charge in [-0.05, 0) is 55.3 Å². The van der Waals surface area contributed by atoms with E-state index in [1.54, 1.807) is 12.1 Å². The predicted octanol–water partition coefficient (Wildman–Crippen LogP) is 4.52. The Kier molecular flexibility index (Phi) is 6.22. The second-order valence-electron chi connectivity index (χ2n) is 8.90. The average molecular weight is 549 g/mol. The fourth-order valence-corrected chi connectivity index (χ4v) is 5.55. The molecule has 4 aromatic rings. The van der Waals surface area contributed by atoms with Crippen LogP contribution in [0.2, 0.25) is 0 Å². The third-order valence-corrected chi connectivity index (χ3v) is 8.23. The molecule has 198 valence electrons. The van der Waals surface area contributed by atoms with Gasteiger partial charge in [0.1, 0.15) is 16.9 Å². The zero-order valence-corrected chi connectivity index (χ0v) is 20.6. The summed E-state index contributed by atoms with van der Waals surface area (Å²) in [6.45, 7) is -0.0487. The van der Waals surface area contributed by atoms with Crippen LogP contribution in [0.15, 0.2) is 70.4 Å². The number of carbonyl (C=O) groups excluding carboxylic acids is 1. The van der Waals surface area contributed by atoms with Crippen LogP contribution in [0.1, 0.15) is 24.1 Å². The van der Waals surface area contributed by atoms with Crippen LogP contribution >= 0.6 is 0 Å². The van der Waals surface area contributed by atoms with E-state index in [1.807, 2.05) is 0 Å². The molecule has 1 amide bonds. The first-order valence-corrected chi connectivity index (χ1v) is 12.8. The van der Waals surface area contributed by atoms with Crippen molar-refractivity contribution in [1.29, 1.82) is 0 Å². The van der Waals surface area contributed by atoms with Crippen LogP contribution in [0.25, 0.3) is 22.2 Å². The van der Waals surface area contributed by atoms with Crippen molar-refractivity contribution in [1.82, 2.24) is 19.6 Å². The van der Waals surface area contributed by atoms with Crippen molar-refractivity contribution < 1.29 is 35.2 Å². The Morgan fingerprint density at radius 3 is 2.53 bits per heavy atom. The van der Waals surface area contributed by atoms with Gasteiger partial charge in [-0.3, -0.25) is 14.8 Å². The molecule has 0 saturated heterocycles. The molecular weight excluding hydrogens is 528 g/mol. The summed E-state index contributed by atoms with van der Waals surface area (Å²) in [5.74, 6) is -1.08. The normalized spacial score (nSPS) is 15.1. The van der Waals surface area contributed by atoms with Crippen LogP contribution in [0, 0.1) is 5.82 Å². The molecule has 1 N–H and O–H groups in total. The predicted molar refractivity (Wildman–Crippen MR) is 127 cm³/mol. The zero-order chi connectivity index (χ0) is 27.3. The number of aromatic nitrogens is 2. The van der Waals surface area contributed by atoms with E-state index in [0.29, 0.717) is 17.0 Å². The van der Waals surface area contributed by atoms with Gasteiger partial charge in [0.25, 0.3) is 10.0 Å². The number of likely N-dealkylation sites (N-methyl/N-ethyl adjacent to an activating group) is 1. The number of sulfonamides is 1. The van der Waals surface area contributed by atoms with Gasteiger partial charge < -0.3 is 9.73 Å². The molecule has 0 atom stereocenters. The van der Waals surface area contributed by atoms with E-state index < -0.39 is 44.1 Å². The topological polar surface area (TPSA) is 105 Å². The second kappa shape index (κ2) is 9.17. The van der Waals surface area contributed by atoms with E-state index in [4.69, 9.17) is 4.42 Å². The summed E-state index contributed by atoms with van der Waals surface area (Å²) in [6.07, 6.45) is -1.76. The third kappa shape index (κ3) is 4.74. The molecule has 0 aliphatic heterocycles. The molecule has 1 aromatic carbocycles. The van der Waals surface area contributed by atoms with Gasteiger partial charge in [0, 0.05) is 36.5 Å². The number of amides is 1. The maximum atomic E-state index is 13.5.